The van der Waals surface area contributed by atoms with Crippen molar-refractivity contribution in [2.45, 2.75) is 6.42 Å². The maximum absolute atomic E-state index is 11.8. The monoisotopic (exact) mass is 272 g/mol. The van der Waals surface area contributed by atoms with Gasteiger partial charge in [-0.25, -0.2) is 4.79 Å². The Balaban J connectivity index is 2.06. The fourth-order valence-corrected chi connectivity index (χ4v) is 1.65. The number of hydrogen-bond donors (Lipinski definition) is 3. The van der Waals surface area contributed by atoms with Crippen molar-refractivity contribution in [2.75, 3.05) is 5.32 Å². The number of pyridine rings is 1. The zero-order valence-corrected chi connectivity index (χ0v) is 10.4. The first-order valence-corrected chi connectivity index (χ1v) is 5.81. The van der Waals surface area contributed by atoms with Crippen LogP contribution < -0.4 is 5.32 Å². The Hall–Kier alpha value is -2.89. The second kappa shape index (κ2) is 5.83. The molecule has 3 N–H and O–H groups in total. The van der Waals surface area contributed by atoms with E-state index >= 15 is 0 Å². The Labute approximate surface area is 114 Å². The van der Waals surface area contributed by atoms with Crippen molar-refractivity contribution in [3.05, 3.63) is 53.9 Å². The van der Waals surface area contributed by atoms with Crippen molar-refractivity contribution in [2.24, 2.45) is 0 Å². The lowest BCUT2D eigenvalue weighted by atomic mass is 10.1. The molecule has 1 aromatic carbocycles. The van der Waals surface area contributed by atoms with E-state index in [4.69, 9.17) is 5.11 Å². The van der Waals surface area contributed by atoms with Gasteiger partial charge in [-0.15, -0.1) is 0 Å². The van der Waals surface area contributed by atoms with Crippen LogP contribution in [0.2, 0.25) is 0 Å². The average Bonchev–Trinajstić information content (AvgIpc) is 2.42. The molecule has 0 unspecified atom stereocenters. The molecule has 2 aromatic rings. The summed E-state index contributed by atoms with van der Waals surface area (Å²) >= 11 is 0. The molecule has 102 valence electrons. The standard InChI is InChI=1S/C14H12N2O4/c17-12-8-10(14(19)20)1-2-11(12)16-13(18)7-9-3-5-15-6-4-9/h1-6,8,17H,7H2,(H,16,18)(H,19,20). The molecule has 0 saturated heterocycles. The molecule has 2 rings (SSSR count). The summed E-state index contributed by atoms with van der Waals surface area (Å²) in [6, 6.07) is 7.18. The molecule has 20 heavy (non-hydrogen) atoms. The molecule has 0 bridgehead atoms. The molecular weight excluding hydrogens is 260 g/mol. The van der Waals surface area contributed by atoms with Gasteiger partial charge >= 0.3 is 5.97 Å². The minimum Gasteiger partial charge on any atom is -0.506 e. The van der Waals surface area contributed by atoms with Gasteiger partial charge in [-0.05, 0) is 35.9 Å². The third-order valence-electron chi connectivity index (χ3n) is 2.63. The number of aromatic nitrogens is 1. The second-order valence-corrected chi connectivity index (χ2v) is 4.12. The van der Waals surface area contributed by atoms with Gasteiger partial charge in [0.25, 0.3) is 0 Å². The number of amides is 1. The van der Waals surface area contributed by atoms with E-state index in [1.54, 1.807) is 24.5 Å². The van der Waals surface area contributed by atoms with Crippen LogP contribution in [0.4, 0.5) is 5.69 Å². The zero-order chi connectivity index (χ0) is 14.5. The van der Waals surface area contributed by atoms with E-state index in [-0.39, 0.29) is 29.3 Å². The predicted molar refractivity (Wildman–Crippen MR) is 71.6 cm³/mol. The molecule has 0 fully saturated rings. The first kappa shape index (κ1) is 13.5. The number of carbonyl (C=O) groups is 2. The van der Waals surface area contributed by atoms with Crippen LogP contribution in [0, 0.1) is 0 Å². The number of aromatic carboxylic acids is 1. The quantitative estimate of drug-likeness (QED) is 0.735. The highest BCUT2D eigenvalue weighted by atomic mass is 16.4. The summed E-state index contributed by atoms with van der Waals surface area (Å²) in [7, 11) is 0. The lowest BCUT2D eigenvalue weighted by Gasteiger charge is -2.08. The number of carboxylic acid groups (broad SMARTS) is 1. The van der Waals surface area contributed by atoms with Gasteiger partial charge in [0.15, 0.2) is 0 Å². The average molecular weight is 272 g/mol. The summed E-state index contributed by atoms with van der Waals surface area (Å²) in [6.07, 6.45) is 3.31. The van der Waals surface area contributed by atoms with Gasteiger partial charge in [0, 0.05) is 12.4 Å². The van der Waals surface area contributed by atoms with E-state index in [0.717, 1.165) is 11.6 Å². The summed E-state index contributed by atoms with van der Waals surface area (Å²) < 4.78 is 0. The number of rotatable bonds is 4. The molecule has 1 heterocycles. The summed E-state index contributed by atoms with van der Waals surface area (Å²) in [5, 5.41) is 21.0. The van der Waals surface area contributed by atoms with Gasteiger partial charge in [0.05, 0.1) is 17.7 Å². The number of nitrogens with one attached hydrogen (secondary N) is 1. The normalized spacial score (nSPS) is 10.0. The van der Waals surface area contributed by atoms with Crippen molar-refractivity contribution in [1.29, 1.82) is 0 Å². The molecule has 0 aliphatic carbocycles. The van der Waals surface area contributed by atoms with Crippen LogP contribution in [-0.2, 0) is 11.2 Å². The molecule has 0 aliphatic heterocycles. The molecule has 0 saturated carbocycles. The number of carbonyl (C=O) groups excluding carboxylic acids is 1. The first-order valence-electron chi connectivity index (χ1n) is 5.81. The lowest BCUT2D eigenvalue weighted by molar-refractivity contribution is -0.115. The molecule has 6 nitrogen and oxygen atoms in total. The summed E-state index contributed by atoms with van der Waals surface area (Å²) in [4.78, 5) is 26.4. The number of phenols is 1. The lowest BCUT2D eigenvalue weighted by Crippen LogP contribution is -2.14. The summed E-state index contributed by atoms with van der Waals surface area (Å²) in [6.45, 7) is 0. The predicted octanol–water partition coefficient (Wildman–Crippen LogP) is 1.67. The van der Waals surface area contributed by atoms with E-state index in [9.17, 15) is 14.7 Å². The van der Waals surface area contributed by atoms with Gasteiger partial charge in [-0.3, -0.25) is 9.78 Å². The smallest absolute Gasteiger partial charge is 0.335 e. The largest absolute Gasteiger partial charge is 0.506 e. The van der Waals surface area contributed by atoms with Crippen molar-refractivity contribution < 1.29 is 19.8 Å². The van der Waals surface area contributed by atoms with E-state index in [2.05, 4.69) is 10.3 Å². The zero-order valence-electron chi connectivity index (χ0n) is 10.4. The van der Waals surface area contributed by atoms with E-state index in [0.29, 0.717) is 0 Å². The number of phenolic OH excluding ortho intramolecular Hbond substituents is 1. The molecule has 0 atom stereocenters. The van der Waals surface area contributed by atoms with Crippen molar-refractivity contribution in [3.63, 3.8) is 0 Å². The topological polar surface area (TPSA) is 99.5 Å². The molecule has 0 radical (unpaired) electrons. The SMILES string of the molecule is O=C(Cc1ccncc1)Nc1ccc(C(=O)O)cc1O. The van der Waals surface area contributed by atoms with Gasteiger partial charge < -0.3 is 15.5 Å². The van der Waals surface area contributed by atoms with E-state index < -0.39 is 5.97 Å². The van der Waals surface area contributed by atoms with Gasteiger partial charge in [-0.2, -0.15) is 0 Å². The van der Waals surface area contributed by atoms with Crippen LogP contribution in [0.25, 0.3) is 0 Å². The molecular formula is C14H12N2O4. The highest BCUT2D eigenvalue weighted by Crippen LogP contribution is 2.24. The highest BCUT2D eigenvalue weighted by Gasteiger charge is 2.10. The van der Waals surface area contributed by atoms with Crippen LogP contribution in [0.5, 0.6) is 5.75 Å². The van der Waals surface area contributed by atoms with Crippen molar-refractivity contribution in [3.8, 4) is 5.75 Å². The number of benzene rings is 1. The molecule has 6 heteroatoms. The molecule has 1 aromatic heterocycles. The number of carboxylic acids is 1. The van der Waals surface area contributed by atoms with Crippen LogP contribution in [0.3, 0.4) is 0 Å². The van der Waals surface area contributed by atoms with Crippen LogP contribution >= 0.6 is 0 Å². The fraction of sp³-hybridized carbons (Fsp3) is 0.0714. The summed E-state index contributed by atoms with van der Waals surface area (Å²) in [5.41, 5.74) is 0.919. The number of anilines is 1. The molecule has 1 amide bonds. The number of hydrogen-bond acceptors (Lipinski definition) is 4. The van der Waals surface area contributed by atoms with Crippen LogP contribution in [0.1, 0.15) is 15.9 Å². The Morgan fingerprint density at radius 1 is 1.15 bits per heavy atom. The third-order valence-corrected chi connectivity index (χ3v) is 2.63. The van der Waals surface area contributed by atoms with Crippen LogP contribution in [-0.4, -0.2) is 27.1 Å². The minimum absolute atomic E-state index is 0.0466. The van der Waals surface area contributed by atoms with Crippen molar-refractivity contribution in [1.82, 2.24) is 4.98 Å². The van der Waals surface area contributed by atoms with Gasteiger partial charge in [0.1, 0.15) is 5.75 Å². The number of aromatic hydroxyl groups is 1. The Morgan fingerprint density at radius 3 is 2.45 bits per heavy atom. The van der Waals surface area contributed by atoms with Gasteiger partial charge in [0.2, 0.25) is 5.91 Å². The van der Waals surface area contributed by atoms with E-state index in [1.807, 2.05) is 0 Å². The summed E-state index contributed by atoms with van der Waals surface area (Å²) in [5.74, 6) is -1.74. The Morgan fingerprint density at radius 2 is 1.85 bits per heavy atom. The maximum Gasteiger partial charge on any atom is 0.335 e. The van der Waals surface area contributed by atoms with Crippen molar-refractivity contribution >= 4 is 17.6 Å². The number of nitrogens with zero attached hydrogens (tertiary/aromatic N) is 1. The fourth-order valence-electron chi connectivity index (χ4n) is 1.65. The minimum atomic E-state index is -1.14. The second-order valence-electron chi connectivity index (χ2n) is 4.12. The molecule has 0 aliphatic rings. The first-order chi connectivity index (χ1) is 9.56. The Kier molecular flexibility index (Phi) is 3.95. The molecule has 0 spiro atoms. The maximum atomic E-state index is 11.8. The van der Waals surface area contributed by atoms with E-state index in [1.165, 1.54) is 12.1 Å². The third kappa shape index (κ3) is 3.32. The highest BCUT2D eigenvalue weighted by molar-refractivity contribution is 5.95. The Bertz CT molecular complexity index is 641. The van der Waals surface area contributed by atoms with Gasteiger partial charge in [-0.1, -0.05) is 0 Å². The van der Waals surface area contributed by atoms with Crippen LogP contribution in [0.15, 0.2) is 42.7 Å².